The normalized spacial score (nSPS) is 11.5. The van der Waals surface area contributed by atoms with Gasteiger partial charge in [0, 0.05) is 15.5 Å². The molecule has 0 saturated heterocycles. The van der Waals surface area contributed by atoms with Crippen LogP contribution >= 0.6 is 22.9 Å². The minimum atomic E-state index is -3.99. The topological polar surface area (TPSA) is 103 Å². The van der Waals surface area contributed by atoms with E-state index in [1.807, 2.05) is 0 Å². The van der Waals surface area contributed by atoms with Gasteiger partial charge in [-0.1, -0.05) is 17.7 Å². The first-order chi connectivity index (χ1) is 11.4. The van der Waals surface area contributed by atoms with E-state index in [1.165, 1.54) is 11.3 Å². The van der Waals surface area contributed by atoms with E-state index >= 15 is 0 Å². The molecule has 6 nitrogen and oxygen atoms in total. The zero-order valence-corrected chi connectivity index (χ0v) is 14.5. The van der Waals surface area contributed by atoms with Gasteiger partial charge in [-0.05, 0) is 35.7 Å². The van der Waals surface area contributed by atoms with Crippen molar-refractivity contribution >= 4 is 38.9 Å². The van der Waals surface area contributed by atoms with Crippen molar-refractivity contribution < 1.29 is 22.1 Å². The zero-order chi connectivity index (χ0) is 17.3. The van der Waals surface area contributed by atoms with Crippen molar-refractivity contribution in [3.63, 3.8) is 0 Å². The Bertz CT molecular complexity index is 947. The molecule has 0 saturated carbocycles. The molecule has 24 heavy (non-hydrogen) atoms. The van der Waals surface area contributed by atoms with E-state index in [0.29, 0.717) is 15.5 Å². The number of hydrogen-bond donors (Lipinski definition) is 2. The van der Waals surface area contributed by atoms with Gasteiger partial charge < -0.3 is 19.4 Å². The quantitative estimate of drug-likeness (QED) is 0.646. The Labute approximate surface area is 147 Å². The van der Waals surface area contributed by atoms with Gasteiger partial charge in [-0.2, -0.15) is 8.42 Å². The van der Waals surface area contributed by atoms with Crippen LogP contribution in [0.15, 0.2) is 46.2 Å². The van der Waals surface area contributed by atoms with Crippen LogP contribution < -0.4 is 9.92 Å². The Morgan fingerprint density at radius 2 is 1.96 bits per heavy atom. The molecule has 0 unspecified atom stereocenters. The highest BCUT2D eigenvalue weighted by Crippen LogP contribution is 2.45. The first-order valence-corrected chi connectivity index (χ1v) is 9.51. The third-order valence-electron chi connectivity index (χ3n) is 3.08. The lowest BCUT2D eigenvalue weighted by Gasteiger charge is -2.05. The lowest BCUT2D eigenvalue weighted by molar-refractivity contribution is 0.432. The largest absolute Gasteiger partial charge is 0.501 e. The monoisotopic (exact) mass is 385 g/mol. The molecule has 0 aliphatic rings. The fourth-order valence-corrected chi connectivity index (χ4v) is 4.27. The summed E-state index contributed by atoms with van der Waals surface area (Å²) in [5, 5.41) is 12.5. The summed E-state index contributed by atoms with van der Waals surface area (Å²) in [6, 6.07) is 9.81. The molecule has 0 aliphatic carbocycles. The number of nitrogen functional groups attached to an aromatic ring is 1. The summed E-state index contributed by atoms with van der Waals surface area (Å²) in [4.78, 5) is 0.606. The van der Waals surface area contributed by atoms with Crippen LogP contribution in [0.3, 0.4) is 0 Å². The molecule has 3 rings (SSSR count). The van der Waals surface area contributed by atoms with Crippen molar-refractivity contribution in [2.75, 3.05) is 5.73 Å². The lowest BCUT2D eigenvalue weighted by atomic mass is 10.1. The van der Waals surface area contributed by atoms with E-state index in [4.69, 9.17) is 25.9 Å². The van der Waals surface area contributed by atoms with E-state index in [9.17, 15) is 13.5 Å². The summed E-state index contributed by atoms with van der Waals surface area (Å²) in [6.45, 7) is 0. The number of anilines is 1. The molecule has 1 aromatic carbocycles. The molecule has 2 aromatic heterocycles. The smallest absolute Gasteiger partial charge is 0.314 e. The fraction of sp³-hybridized carbons (Fsp3) is 0.0667. The first kappa shape index (κ1) is 16.7. The third kappa shape index (κ3) is 3.50. The number of halogens is 1. The first-order valence-electron chi connectivity index (χ1n) is 6.67. The number of hydrogen-bond acceptors (Lipinski definition) is 7. The summed E-state index contributed by atoms with van der Waals surface area (Å²) in [7, 11) is -3.99. The highest BCUT2D eigenvalue weighted by Gasteiger charge is 2.26. The van der Waals surface area contributed by atoms with Crippen LogP contribution in [0.25, 0.3) is 11.3 Å². The Morgan fingerprint density at radius 3 is 2.58 bits per heavy atom. The Morgan fingerprint density at radius 1 is 1.25 bits per heavy atom. The molecule has 0 aliphatic heterocycles. The highest BCUT2D eigenvalue weighted by atomic mass is 35.5. The van der Waals surface area contributed by atoms with Gasteiger partial charge in [0.2, 0.25) is 17.4 Å². The molecule has 126 valence electrons. The number of nitrogens with two attached hydrogens (primary N) is 1. The van der Waals surface area contributed by atoms with Crippen molar-refractivity contribution in [2.24, 2.45) is 0 Å². The Hall–Kier alpha value is -2.16. The highest BCUT2D eigenvalue weighted by molar-refractivity contribution is 7.86. The van der Waals surface area contributed by atoms with Crippen LogP contribution in [-0.2, 0) is 15.9 Å². The van der Waals surface area contributed by atoms with Crippen LogP contribution in [-0.4, -0.2) is 13.5 Å². The molecule has 0 fully saturated rings. The van der Waals surface area contributed by atoms with Gasteiger partial charge in [0.05, 0.1) is 0 Å². The second-order valence-electron chi connectivity index (χ2n) is 4.84. The van der Waals surface area contributed by atoms with Crippen LogP contribution in [0.4, 0.5) is 5.88 Å². The fourth-order valence-electron chi connectivity index (χ4n) is 2.03. The molecule has 2 heterocycles. The van der Waals surface area contributed by atoms with Crippen LogP contribution in [0.5, 0.6) is 11.5 Å². The van der Waals surface area contributed by atoms with Gasteiger partial charge >= 0.3 is 10.1 Å². The Kier molecular flexibility index (Phi) is 4.44. The predicted molar refractivity (Wildman–Crippen MR) is 92.8 cm³/mol. The average molecular weight is 386 g/mol. The lowest BCUT2D eigenvalue weighted by Crippen LogP contribution is -2.11. The van der Waals surface area contributed by atoms with Crippen LogP contribution in [0, 0.1) is 0 Å². The molecule has 3 N–H and O–H groups in total. The molecular formula is C15H12ClNO5S2. The van der Waals surface area contributed by atoms with Crippen LogP contribution in [0.1, 0.15) is 4.88 Å². The van der Waals surface area contributed by atoms with Crippen molar-refractivity contribution in [1.82, 2.24) is 0 Å². The number of furan rings is 1. The van der Waals surface area contributed by atoms with Crippen molar-refractivity contribution in [3.8, 4) is 22.8 Å². The molecule has 0 atom stereocenters. The van der Waals surface area contributed by atoms with Crippen molar-refractivity contribution in [2.45, 2.75) is 5.75 Å². The van der Waals surface area contributed by atoms with Gasteiger partial charge in [-0.25, -0.2) is 0 Å². The van der Waals surface area contributed by atoms with Gasteiger partial charge in [0.1, 0.15) is 5.75 Å². The zero-order valence-electron chi connectivity index (χ0n) is 12.1. The molecule has 0 spiro atoms. The predicted octanol–water partition coefficient (Wildman–Crippen LogP) is 3.86. The SMILES string of the molecule is Nc1oc(-c2ccc(Cl)cc2)c(O)c1OS(=O)(=O)Cc1cccs1. The minimum Gasteiger partial charge on any atom is -0.501 e. The van der Waals surface area contributed by atoms with Crippen molar-refractivity contribution in [3.05, 3.63) is 51.7 Å². The number of aromatic hydroxyl groups is 1. The van der Waals surface area contributed by atoms with E-state index in [2.05, 4.69) is 0 Å². The van der Waals surface area contributed by atoms with Gasteiger partial charge in [-0.3, -0.25) is 0 Å². The minimum absolute atomic E-state index is 0.00508. The number of thiophene rings is 1. The molecule has 0 amide bonds. The maximum absolute atomic E-state index is 12.1. The van der Waals surface area contributed by atoms with Gasteiger partial charge in [0.25, 0.3) is 0 Å². The van der Waals surface area contributed by atoms with E-state index in [-0.39, 0.29) is 17.4 Å². The standard InChI is InChI=1S/C15H12ClNO5S2/c16-10-5-3-9(4-6-10)13-12(18)14(15(17)21-13)22-24(19,20)8-11-2-1-7-23-11/h1-7,18H,8,17H2. The second-order valence-corrected chi connectivity index (χ2v) is 7.88. The Balaban J connectivity index is 1.90. The summed E-state index contributed by atoms with van der Waals surface area (Å²) in [5.41, 5.74) is 6.13. The molecule has 0 radical (unpaired) electrons. The van der Waals surface area contributed by atoms with E-state index < -0.39 is 21.6 Å². The van der Waals surface area contributed by atoms with Gasteiger partial charge in [-0.15, -0.1) is 11.3 Å². The van der Waals surface area contributed by atoms with Gasteiger partial charge in [0.15, 0.2) is 5.76 Å². The molecule has 3 aromatic rings. The number of rotatable bonds is 5. The number of benzene rings is 1. The van der Waals surface area contributed by atoms with E-state index in [1.54, 1.807) is 41.8 Å². The summed E-state index contributed by atoms with van der Waals surface area (Å²) >= 11 is 7.09. The summed E-state index contributed by atoms with van der Waals surface area (Å²) in [6.07, 6.45) is 0. The molecular weight excluding hydrogens is 374 g/mol. The summed E-state index contributed by atoms with van der Waals surface area (Å²) in [5.74, 6) is -1.55. The van der Waals surface area contributed by atoms with Crippen LogP contribution in [0.2, 0.25) is 5.02 Å². The molecule has 9 heteroatoms. The maximum Gasteiger partial charge on any atom is 0.314 e. The third-order valence-corrected chi connectivity index (χ3v) is 5.48. The second kappa shape index (κ2) is 6.39. The maximum atomic E-state index is 12.1. The van der Waals surface area contributed by atoms with Crippen molar-refractivity contribution in [1.29, 1.82) is 0 Å². The van der Waals surface area contributed by atoms with E-state index in [0.717, 1.165) is 0 Å². The summed E-state index contributed by atoms with van der Waals surface area (Å²) < 4.78 is 34.4. The average Bonchev–Trinajstić information content (AvgIpc) is 3.11. The molecule has 0 bridgehead atoms.